The van der Waals surface area contributed by atoms with Crippen LogP contribution < -0.4 is 5.32 Å². The van der Waals surface area contributed by atoms with Crippen LogP contribution >= 0.6 is 0 Å². The first kappa shape index (κ1) is 10.2. The van der Waals surface area contributed by atoms with E-state index in [9.17, 15) is 4.79 Å². The van der Waals surface area contributed by atoms with Gasteiger partial charge in [0.1, 0.15) is 0 Å². The standard InChI is InChI=1S/C7H16N2O2/c1-3-4-9(5-6-10)7(11)8-2/h10H,3-6H2,1-2H3,(H,8,11). The maximum absolute atomic E-state index is 11.0. The Kier molecular flexibility index (Phi) is 5.56. The molecule has 4 nitrogen and oxygen atoms in total. The number of nitrogens with one attached hydrogen (secondary N) is 1. The number of aliphatic hydroxyl groups excluding tert-OH is 1. The predicted octanol–water partition coefficient (Wildman–Crippen LogP) is 0.0301. The van der Waals surface area contributed by atoms with Gasteiger partial charge in [-0.05, 0) is 6.42 Å². The van der Waals surface area contributed by atoms with Crippen molar-refractivity contribution in [2.75, 3.05) is 26.7 Å². The third-order valence-electron chi connectivity index (χ3n) is 1.36. The van der Waals surface area contributed by atoms with E-state index < -0.39 is 0 Å². The molecule has 0 aromatic heterocycles. The summed E-state index contributed by atoms with van der Waals surface area (Å²) in [7, 11) is 1.59. The zero-order valence-corrected chi connectivity index (χ0v) is 7.13. The van der Waals surface area contributed by atoms with Gasteiger partial charge < -0.3 is 15.3 Å². The highest BCUT2D eigenvalue weighted by atomic mass is 16.3. The Morgan fingerprint density at radius 1 is 1.55 bits per heavy atom. The van der Waals surface area contributed by atoms with Crippen LogP contribution in [0.1, 0.15) is 13.3 Å². The molecule has 0 bridgehead atoms. The highest BCUT2D eigenvalue weighted by Gasteiger charge is 2.07. The Morgan fingerprint density at radius 3 is 2.55 bits per heavy atom. The van der Waals surface area contributed by atoms with E-state index in [1.54, 1.807) is 11.9 Å². The molecule has 0 aliphatic carbocycles. The molecule has 0 fully saturated rings. The Bertz CT molecular complexity index is 111. The molecular weight excluding hydrogens is 144 g/mol. The molecule has 66 valence electrons. The first-order valence-corrected chi connectivity index (χ1v) is 3.83. The molecule has 0 atom stereocenters. The molecule has 0 aliphatic heterocycles. The lowest BCUT2D eigenvalue weighted by atomic mass is 10.4. The van der Waals surface area contributed by atoms with Gasteiger partial charge >= 0.3 is 6.03 Å². The summed E-state index contributed by atoms with van der Waals surface area (Å²) in [5, 5.41) is 11.1. The second-order valence-electron chi connectivity index (χ2n) is 2.27. The van der Waals surface area contributed by atoms with Crippen LogP contribution in [0.25, 0.3) is 0 Å². The predicted molar refractivity (Wildman–Crippen MR) is 43.4 cm³/mol. The van der Waals surface area contributed by atoms with Crippen molar-refractivity contribution >= 4 is 6.03 Å². The van der Waals surface area contributed by atoms with Gasteiger partial charge in [0.2, 0.25) is 0 Å². The zero-order valence-electron chi connectivity index (χ0n) is 7.13. The van der Waals surface area contributed by atoms with E-state index in [1.807, 2.05) is 6.92 Å². The summed E-state index contributed by atoms with van der Waals surface area (Å²) in [6.45, 7) is 3.12. The van der Waals surface area contributed by atoms with Gasteiger partial charge in [0.15, 0.2) is 0 Å². The van der Waals surface area contributed by atoms with E-state index in [1.165, 1.54) is 0 Å². The van der Waals surface area contributed by atoms with Gasteiger partial charge in [0.25, 0.3) is 0 Å². The molecule has 2 N–H and O–H groups in total. The van der Waals surface area contributed by atoms with Crippen molar-refractivity contribution < 1.29 is 9.90 Å². The van der Waals surface area contributed by atoms with Crippen molar-refractivity contribution in [3.8, 4) is 0 Å². The van der Waals surface area contributed by atoms with Gasteiger partial charge in [0, 0.05) is 20.1 Å². The van der Waals surface area contributed by atoms with E-state index >= 15 is 0 Å². The van der Waals surface area contributed by atoms with Gasteiger partial charge in [-0.25, -0.2) is 4.79 Å². The second-order valence-corrected chi connectivity index (χ2v) is 2.27. The van der Waals surface area contributed by atoms with Crippen molar-refractivity contribution in [1.29, 1.82) is 0 Å². The summed E-state index contributed by atoms with van der Waals surface area (Å²) in [4.78, 5) is 12.6. The first-order chi connectivity index (χ1) is 5.26. The maximum Gasteiger partial charge on any atom is 0.317 e. The quantitative estimate of drug-likeness (QED) is 0.609. The van der Waals surface area contributed by atoms with E-state index in [0.717, 1.165) is 6.42 Å². The summed E-state index contributed by atoms with van der Waals surface area (Å²) in [6.07, 6.45) is 0.910. The lowest BCUT2D eigenvalue weighted by Crippen LogP contribution is -2.40. The molecule has 0 aliphatic rings. The van der Waals surface area contributed by atoms with Crippen LogP contribution in [0, 0.1) is 0 Å². The monoisotopic (exact) mass is 160 g/mol. The molecule has 0 radical (unpaired) electrons. The second kappa shape index (κ2) is 5.97. The van der Waals surface area contributed by atoms with Crippen LogP contribution in [0.5, 0.6) is 0 Å². The zero-order chi connectivity index (χ0) is 8.69. The summed E-state index contributed by atoms with van der Waals surface area (Å²) < 4.78 is 0. The molecule has 0 unspecified atom stereocenters. The average molecular weight is 160 g/mol. The molecule has 0 spiro atoms. The van der Waals surface area contributed by atoms with Crippen molar-refractivity contribution in [2.45, 2.75) is 13.3 Å². The summed E-state index contributed by atoms with van der Waals surface area (Å²) >= 11 is 0. The fraction of sp³-hybridized carbons (Fsp3) is 0.857. The molecule has 0 aromatic rings. The largest absolute Gasteiger partial charge is 0.395 e. The minimum Gasteiger partial charge on any atom is -0.395 e. The van der Waals surface area contributed by atoms with Crippen LogP contribution in [0.3, 0.4) is 0 Å². The average Bonchev–Trinajstić information content (AvgIpc) is 2.03. The Balaban J connectivity index is 3.76. The summed E-state index contributed by atoms with van der Waals surface area (Å²) in [5.74, 6) is 0. The van der Waals surface area contributed by atoms with Gasteiger partial charge in [-0.3, -0.25) is 0 Å². The number of carbonyl (C=O) groups is 1. The van der Waals surface area contributed by atoms with E-state index in [0.29, 0.717) is 13.1 Å². The number of amides is 2. The topological polar surface area (TPSA) is 52.6 Å². The van der Waals surface area contributed by atoms with Crippen LogP contribution in [0.2, 0.25) is 0 Å². The Hall–Kier alpha value is -0.770. The molecule has 4 heteroatoms. The Morgan fingerprint density at radius 2 is 2.18 bits per heavy atom. The first-order valence-electron chi connectivity index (χ1n) is 3.83. The summed E-state index contributed by atoms with van der Waals surface area (Å²) in [6, 6.07) is -0.124. The molecule has 0 rings (SSSR count). The highest BCUT2D eigenvalue weighted by molar-refractivity contribution is 5.73. The highest BCUT2D eigenvalue weighted by Crippen LogP contribution is 1.90. The van der Waals surface area contributed by atoms with E-state index in [2.05, 4.69) is 5.32 Å². The normalized spacial score (nSPS) is 9.36. The van der Waals surface area contributed by atoms with Crippen LogP contribution in [0.15, 0.2) is 0 Å². The molecule has 0 aromatic carbocycles. The molecule has 0 saturated heterocycles. The number of nitrogens with zero attached hydrogens (tertiary/aromatic N) is 1. The molecule has 2 amide bonds. The van der Waals surface area contributed by atoms with Crippen LogP contribution in [0.4, 0.5) is 4.79 Å². The SMILES string of the molecule is CCCN(CCO)C(=O)NC. The number of aliphatic hydroxyl groups is 1. The lowest BCUT2D eigenvalue weighted by Gasteiger charge is -2.19. The third kappa shape index (κ3) is 3.83. The molecule has 11 heavy (non-hydrogen) atoms. The minimum atomic E-state index is -0.124. The number of carbonyl (C=O) groups excluding carboxylic acids is 1. The number of hydrogen-bond donors (Lipinski definition) is 2. The number of hydrogen-bond acceptors (Lipinski definition) is 2. The van der Waals surface area contributed by atoms with Crippen LogP contribution in [-0.2, 0) is 0 Å². The third-order valence-corrected chi connectivity index (χ3v) is 1.36. The minimum absolute atomic E-state index is 0.0212. The van der Waals surface area contributed by atoms with E-state index in [4.69, 9.17) is 5.11 Å². The van der Waals surface area contributed by atoms with Crippen molar-refractivity contribution in [3.63, 3.8) is 0 Å². The van der Waals surface area contributed by atoms with Crippen molar-refractivity contribution in [1.82, 2.24) is 10.2 Å². The number of rotatable bonds is 4. The molecule has 0 heterocycles. The number of urea groups is 1. The Labute approximate surface area is 67.2 Å². The van der Waals surface area contributed by atoms with Crippen LogP contribution in [-0.4, -0.2) is 42.8 Å². The summed E-state index contributed by atoms with van der Waals surface area (Å²) in [5.41, 5.74) is 0. The van der Waals surface area contributed by atoms with Gasteiger partial charge in [-0.15, -0.1) is 0 Å². The molecule has 0 saturated carbocycles. The molecular formula is C7H16N2O2. The van der Waals surface area contributed by atoms with Crippen molar-refractivity contribution in [3.05, 3.63) is 0 Å². The lowest BCUT2D eigenvalue weighted by molar-refractivity contribution is 0.179. The van der Waals surface area contributed by atoms with Gasteiger partial charge in [0.05, 0.1) is 6.61 Å². The van der Waals surface area contributed by atoms with Crippen molar-refractivity contribution in [2.24, 2.45) is 0 Å². The van der Waals surface area contributed by atoms with E-state index in [-0.39, 0.29) is 12.6 Å². The smallest absolute Gasteiger partial charge is 0.317 e. The maximum atomic E-state index is 11.0. The van der Waals surface area contributed by atoms with Gasteiger partial charge in [-0.1, -0.05) is 6.92 Å². The van der Waals surface area contributed by atoms with Gasteiger partial charge in [-0.2, -0.15) is 0 Å². The fourth-order valence-electron chi connectivity index (χ4n) is 0.864. The fourth-order valence-corrected chi connectivity index (χ4v) is 0.864.